The Morgan fingerprint density at radius 2 is 2.00 bits per heavy atom. The Bertz CT molecular complexity index is 461. The molecule has 1 aliphatic rings. The van der Waals surface area contributed by atoms with Crippen molar-refractivity contribution in [2.75, 3.05) is 6.54 Å². The van der Waals surface area contributed by atoms with Crippen molar-refractivity contribution in [3.63, 3.8) is 0 Å². The first-order valence-electron chi connectivity index (χ1n) is 4.93. The van der Waals surface area contributed by atoms with E-state index in [9.17, 15) is 17.4 Å². The van der Waals surface area contributed by atoms with E-state index in [0.29, 0.717) is 17.5 Å². The summed E-state index contributed by atoms with van der Waals surface area (Å²) in [5.41, 5.74) is 0.600. The Kier molecular flexibility index (Phi) is 3.24. The minimum atomic E-state index is -4.34. The highest BCUT2D eigenvalue weighted by Crippen LogP contribution is 2.32. The van der Waals surface area contributed by atoms with Crippen LogP contribution in [0, 0.1) is 0 Å². The maximum absolute atomic E-state index is 12.5. The van der Waals surface area contributed by atoms with E-state index in [4.69, 9.17) is 4.55 Å². The first-order chi connectivity index (χ1) is 7.88. The molecule has 1 heterocycles. The molecule has 0 radical (unpaired) electrons. The van der Waals surface area contributed by atoms with Gasteiger partial charge < -0.3 is 0 Å². The first-order valence-corrected chi connectivity index (χ1v) is 5.99. The van der Waals surface area contributed by atoms with Crippen LogP contribution in [0.5, 0.6) is 0 Å². The highest BCUT2D eigenvalue weighted by molar-refractivity contribution is 7.76. The fourth-order valence-corrected chi connectivity index (χ4v) is 2.33. The second-order valence-corrected chi connectivity index (χ2v) is 4.80. The van der Waals surface area contributed by atoms with Gasteiger partial charge >= 0.3 is 6.18 Å². The van der Waals surface area contributed by atoms with Crippen LogP contribution in [0.4, 0.5) is 13.2 Å². The van der Waals surface area contributed by atoms with Gasteiger partial charge in [0.1, 0.15) is 0 Å². The molecule has 1 aliphatic heterocycles. The smallest absolute Gasteiger partial charge is 0.294 e. The molecule has 1 unspecified atom stereocenters. The summed E-state index contributed by atoms with van der Waals surface area (Å²) in [5.74, 6) is 0. The van der Waals surface area contributed by atoms with Gasteiger partial charge in [0.25, 0.3) is 0 Å². The average molecular weight is 265 g/mol. The Morgan fingerprint density at radius 3 is 2.59 bits per heavy atom. The largest absolute Gasteiger partial charge is 0.416 e. The molecule has 3 nitrogen and oxygen atoms in total. The molecule has 0 saturated carbocycles. The molecule has 1 atom stereocenters. The van der Waals surface area contributed by atoms with E-state index in [1.807, 2.05) is 0 Å². The fraction of sp³-hybridized carbons (Fsp3) is 0.400. The highest BCUT2D eigenvalue weighted by atomic mass is 32.2. The summed E-state index contributed by atoms with van der Waals surface area (Å²) < 4.78 is 58.4. The van der Waals surface area contributed by atoms with Gasteiger partial charge in [-0.3, -0.25) is 4.55 Å². The number of benzene rings is 1. The Hall–Kier alpha value is -0.920. The summed E-state index contributed by atoms with van der Waals surface area (Å²) in [6, 6.07) is 3.49. The summed E-state index contributed by atoms with van der Waals surface area (Å²) in [7, 11) is 0. The molecule has 0 bridgehead atoms. The summed E-state index contributed by atoms with van der Waals surface area (Å²) in [6.45, 7) is 0.494. The number of hydrogen-bond acceptors (Lipinski definition) is 1. The lowest BCUT2D eigenvalue weighted by Gasteiger charge is -2.25. The number of nitrogens with zero attached hydrogens (tertiary/aromatic N) is 1. The summed E-state index contributed by atoms with van der Waals surface area (Å²) in [4.78, 5) is 0. The van der Waals surface area contributed by atoms with Crippen LogP contribution >= 0.6 is 0 Å². The fourth-order valence-electron chi connectivity index (χ4n) is 1.84. The zero-order valence-electron chi connectivity index (χ0n) is 8.70. The molecule has 0 fully saturated rings. The SMILES string of the molecule is O=S(O)N1CCc2cc(C(F)(F)F)ccc2C1. The van der Waals surface area contributed by atoms with Gasteiger partial charge in [-0.05, 0) is 29.7 Å². The molecule has 17 heavy (non-hydrogen) atoms. The van der Waals surface area contributed by atoms with Crippen molar-refractivity contribution in [2.45, 2.75) is 19.1 Å². The van der Waals surface area contributed by atoms with Crippen LogP contribution in [-0.4, -0.2) is 19.6 Å². The molecule has 1 N–H and O–H groups in total. The number of alkyl halides is 3. The Labute approximate surface area is 98.7 Å². The van der Waals surface area contributed by atoms with E-state index in [2.05, 4.69) is 0 Å². The molecular weight excluding hydrogens is 255 g/mol. The minimum absolute atomic E-state index is 0.205. The number of fused-ring (bicyclic) bond motifs is 1. The lowest BCUT2D eigenvalue weighted by Crippen LogP contribution is -2.32. The molecule has 0 saturated heterocycles. The van der Waals surface area contributed by atoms with E-state index in [0.717, 1.165) is 12.1 Å². The van der Waals surface area contributed by atoms with E-state index in [1.165, 1.54) is 10.4 Å². The zero-order chi connectivity index (χ0) is 12.6. The monoisotopic (exact) mass is 265 g/mol. The van der Waals surface area contributed by atoms with Gasteiger partial charge in [-0.15, -0.1) is 0 Å². The maximum atomic E-state index is 12.5. The standard InChI is InChI=1S/C10H10F3NO2S/c11-10(12,13)9-2-1-8-6-14(17(15)16)4-3-7(8)5-9/h1-2,5H,3-4,6H2,(H,15,16). The van der Waals surface area contributed by atoms with Crippen molar-refractivity contribution in [1.82, 2.24) is 4.31 Å². The van der Waals surface area contributed by atoms with Crippen LogP contribution in [0.2, 0.25) is 0 Å². The number of halogens is 3. The molecule has 1 aromatic carbocycles. The van der Waals surface area contributed by atoms with Crippen LogP contribution < -0.4 is 0 Å². The third-order valence-electron chi connectivity index (χ3n) is 2.73. The predicted octanol–water partition coefficient (Wildman–Crippen LogP) is 2.20. The van der Waals surface area contributed by atoms with Gasteiger partial charge in [-0.1, -0.05) is 6.07 Å². The molecule has 0 spiro atoms. The van der Waals surface area contributed by atoms with Gasteiger partial charge in [-0.25, -0.2) is 4.21 Å². The normalized spacial score (nSPS) is 18.8. The van der Waals surface area contributed by atoms with Gasteiger partial charge in [0.2, 0.25) is 11.3 Å². The molecule has 0 aliphatic carbocycles. The quantitative estimate of drug-likeness (QED) is 0.791. The van der Waals surface area contributed by atoms with Crippen LogP contribution in [0.1, 0.15) is 16.7 Å². The summed E-state index contributed by atoms with van der Waals surface area (Å²) in [5, 5.41) is 0. The van der Waals surface area contributed by atoms with Gasteiger partial charge in [0.15, 0.2) is 0 Å². The third kappa shape index (κ3) is 2.67. The van der Waals surface area contributed by atoms with E-state index < -0.39 is 23.0 Å². The summed E-state index contributed by atoms with van der Waals surface area (Å²) >= 11 is -2.07. The highest BCUT2D eigenvalue weighted by Gasteiger charge is 2.31. The molecule has 0 aromatic heterocycles. The molecule has 7 heteroatoms. The van der Waals surface area contributed by atoms with Crippen molar-refractivity contribution in [3.05, 3.63) is 34.9 Å². The third-order valence-corrected chi connectivity index (χ3v) is 3.49. The first kappa shape index (κ1) is 12.5. The van der Waals surface area contributed by atoms with Crippen LogP contribution in [-0.2, 0) is 30.4 Å². The summed E-state index contributed by atoms with van der Waals surface area (Å²) in [6.07, 6.45) is -3.99. The minimum Gasteiger partial charge on any atom is -0.294 e. The Balaban J connectivity index is 2.29. The lowest BCUT2D eigenvalue weighted by molar-refractivity contribution is -0.137. The second-order valence-electron chi connectivity index (χ2n) is 3.83. The number of hydrogen-bond donors (Lipinski definition) is 1. The van der Waals surface area contributed by atoms with Gasteiger partial charge in [-0.2, -0.15) is 17.5 Å². The van der Waals surface area contributed by atoms with Crippen LogP contribution in [0.25, 0.3) is 0 Å². The van der Waals surface area contributed by atoms with Crippen LogP contribution in [0.15, 0.2) is 18.2 Å². The van der Waals surface area contributed by atoms with Crippen molar-refractivity contribution in [1.29, 1.82) is 0 Å². The Morgan fingerprint density at radius 1 is 1.29 bits per heavy atom. The van der Waals surface area contributed by atoms with Crippen molar-refractivity contribution < 1.29 is 21.9 Å². The van der Waals surface area contributed by atoms with Gasteiger partial charge in [0, 0.05) is 13.1 Å². The zero-order valence-corrected chi connectivity index (χ0v) is 9.51. The van der Waals surface area contributed by atoms with Gasteiger partial charge in [0.05, 0.1) is 5.56 Å². The number of rotatable bonds is 1. The van der Waals surface area contributed by atoms with E-state index in [-0.39, 0.29) is 13.1 Å². The van der Waals surface area contributed by atoms with E-state index in [1.54, 1.807) is 0 Å². The van der Waals surface area contributed by atoms with Crippen LogP contribution in [0.3, 0.4) is 0 Å². The second kappa shape index (κ2) is 4.40. The molecule has 94 valence electrons. The molecule has 1 aromatic rings. The topological polar surface area (TPSA) is 40.5 Å². The van der Waals surface area contributed by atoms with Crippen molar-refractivity contribution in [3.8, 4) is 0 Å². The van der Waals surface area contributed by atoms with Crippen molar-refractivity contribution in [2.24, 2.45) is 0 Å². The van der Waals surface area contributed by atoms with Crippen molar-refractivity contribution >= 4 is 11.3 Å². The molecule has 0 amide bonds. The predicted molar refractivity (Wildman–Crippen MR) is 56.3 cm³/mol. The van der Waals surface area contributed by atoms with E-state index >= 15 is 0 Å². The maximum Gasteiger partial charge on any atom is 0.416 e. The molecule has 2 rings (SSSR count). The molecular formula is C10H10F3NO2S. The lowest BCUT2D eigenvalue weighted by atomic mass is 9.98. The average Bonchev–Trinajstić information content (AvgIpc) is 2.26.